The average Bonchev–Trinajstić information content (AvgIpc) is 3.07. The zero-order chi connectivity index (χ0) is 26.9. The molecule has 0 bridgehead atoms. The van der Waals surface area contributed by atoms with E-state index in [1.54, 1.807) is 36.4 Å². The first-order valence-electron chi connectivity index (χ1n) is 10.8. The van der Waals surface area contributed by atoms with E-state index in [9.17, 15) is 27.9 Å². The molecule has 0 radical (unpaired) electrons. The number of imidazole rings is 1. The second-order valence-corrected chi connectivity index (χ2v) is 9.51. The second kappa shape index (κ2) is 10.3. The lowest BCUT2D eigenvalue weighted by molar-refractivity contribution is -0.122. The predicted octanol–water partition coefficient (Wildman–Crippen LogP) is 5.32. The van der Waals surface area contributed by atoms with E-state index < -0.39 is 29.0 Å². The van der Waals surface area contributed by atoms with Gasteiger partial charge < -0.3 is 10.4 Å². The first-order valence-corrected chi connectivity index (χ1v) is 12.0. The molecule has 1 amide bonds. The molecular formula is C25H20ClF3N4O3S. The van der Waals surface area contributed by atoms with Crippen molar-refractivity contribution < 1.29 is 23.1 Å². The first kappa shape index (κ1) is 26.4. The third kappa shape index (κ3) is 5.52. The summed E-state index contributed by atoms with van der Waals surface area (Å²) >= 11 is 5.68. The number of thioether (sulfide) groups is 1. The van der Waals surface area contributed by atoms with Gasteiger partial charge in [0.15, 0.2) is 0 Å². The van der Waals surface area contributed by atoms with E-state index in [1.807, 2.05) is 0 Å². The molecule has 0 spiro atoms. The number of amides is 1. The molecular weight excluding hydrogens is 529 g/mol. The number of hydrogen-bond donors (Lipinski definition) is 2. The molecule has 12 heteroatoms. The maximum Gasteiger partial charge on any atom is 0.446 e. The molecule has 1 unspecified atom stereocenters. The minimum absolute atomic E-state index is 0.0744. The van der Waals surface area contributed by atoms with Crippen LogP contribution in [0, 0.1) is 6.92 Å². The number of aromatic hydroxyl groups is 1. The summed E-state index contributed by atoms with van der Waals surface area (Å²) in [6.07, 6.45) is 1.50. The number of likely N-dealkylation sites (N-methyl/N-ethyl adjacent to an activating group) is 1. The van der Waals surface area contributed by atoms with Crippen molar-refractivity contribution >= 4 is 29.3 Å². The van der Waals surface area contributed by atoms with Crippen molar-refractivity contribution in [3.63, 3.8) is 0 Å². The number of alkyl halides is 3. The summed E-state index contributed by atoms with van der Waals surface area (Å²) in [6, 6.07) is 14.0. The van der Waals surface area contributed by atoms with E-state index in [4.69, 9.17) is 11.6 Å². The van der Waals surface area contributed by atoms with Crippen LogP contribution in [0.3, 0.4) is 0 Å². The number of hydrogen-bond acceptors (Lipinski definition) is 5. The largest absolute Gasteiger partial charge is 0.493 e. The fraction of sp³-hybridized carbons (Fsp3) is 0.160. The molecule has 2 aromatic heterocycles. The molecule has 192 valence electrons. The van der Waals surface area contributed by atoms with Gasteiger partial charge in [0, 0.05) is 28.7 Å². The minimum atomic E-state index is -4.46. The summed E-state index contributed by atoms with van der Waals surface area (Å²) in [7, 11) is 1.42. The highest BCUT2D eigenvalue weighted by molar-refractivity contribution is 8.00. The molecule has 0 aliphatic carbocycles. The third-order valence-electron chi connectivity index (χ3n) is 5.62. The van der Waals surface area contributed by atoms with Gasteiger partial charge in [-0.3, -0.25) is 14.3 Å². The zero-order valence-electron chi connectivity index (χ0n) is 19.5. The van der Waals surface area contributed by atoms with Crippen molar-refractivity contribution in [2.45, 2.75) is 23.4 Å². The Labute approximate surface area is 218 Å². The van der Waals surface area contributed by atoms with Gasteiger partial charge >= 0.3 is 11.2 Å². The Bertz CT molecular complexity index is 1500. The topological polar surface area (TPSA) is 89.2 Å². The molecule has 0 saturated carbocycles. The summed E-state index contributed by atoms with van der Waals surface area (Å²) in [4.78, 5) is 30.8. The van der Waals surface area contributed by atoms with Crippen molar-refractivity contribution in [1.29, 1.82) is 0 Å². The standard InChI is InChI=1S/C25H20ClF3N4O3S/c1-14-23(35)33(18-7-9-19(10-8-18)37-25(27,28)29)24(36)32(14)21(22(34)30-2)16-11-12-31-20(13-16)15-3-5-17(26)6-4-15/h3-13,21,35H,1-2H3,(H,30,34). The lowest BCUT2D eigenvalue weighted by Gasteiger charge is -2.19. The normalized spacial score (nSPS) is 12.4. The van der Waals surface area contributed by atoms with Crippen molar-refractivity contribution in [2.75, 3.05) is 7.05 Å². The molecule has 4 rings (SSSR count). The number of carbonyl (C=O) groups is 1. The van der Waals surface area contributed by atoms with E-state index >= 15 is 0 Å². The van der Waals surface area contributed by atoms with Crippen LogP contribution in [0.5, 0.6) is 5.88 Å². The summed E-state index contributed by atoms with van der Waals surface area (Å²) in [5.74, 6) is -0.963. The lowest BCUT2D eigenvalue weighted by Crippen LogP contribution is -2.37. The second-order valence-electron chi connectivity index (χ2n) is 7.94. The molecule has 0 aliphatic heterocycles. The van der Waals surface area contributed by atoms with Crippen LogP contribution >= 0.6 is 23.4 Å². The summed E-state index contributed by atoms with van der Waals surface area (Å²) in [6.45, 7) is 1.47. The van der Waals surface area contributed by atoms with Gasteiger partial charge in [-0.2, -0.15) is 13.2 Å². The number of benzene rings is 2. The molecule has 2 heterocycles. The molecule has 2 aromatic carbocycles. The van der Waals surface area contributed by atoms with Crippen LogP contribution in [0.1, 0.15) is 17.3 Å². The molecule has 2 N–H and O–H groups in total. The van der Waals surface area contributed by atoms with E-state index in [2.05, 4.69) is 10.3 Å². The van der Waals surface area contributed by atoms with E-state index in [1.165, 1.54) is 44.4 Å². The highest BCUT2D eigenvalue weighted by Crippen LogP contribution is 2.37. The van der Waals surface area contributed by atoms with Gasteiger partial charge in [0.1, 0.15) is 6.04 Å². The van der Waals surface area contributed by atoms with Crippen LogP contribution in [0.25, 0.3) is 16.9 Å². The Kier molecular flexibility index (Phi) is 7.37. The van der Waals surface area contributed by atoms with E-state index in [0.29, 0.717) is 16.3 Å². The van der Waals surface area contributed by atoms with Crippen LogP contribution in [-0.4, -0.2) is 37.7 Å². The van der Waals surface area contributed by atoms with Gasteiger partial charge in [0.05, 0.1) is 17.1 Å². The number of rotatable bonds is 6. The molecule has 0 aliphatic rings. The van der Waals surface area contributed by atoms with Crippen LogP contribution in [0.15, 0.2) is 76.6 Å². The fourth-order valence-corrected chi connectivity index (χ4v) is 4.56. The number of nitrogens with zero attached hydrogens (tertiary/aromatic N) is 3. The van der Waals surface area contributed by atoms with Gasteiger partial charge in [0.25, 0.3) is 0 Å². The number of nitrogens with one attached hydrogen (secondary N) is 1. The summed E-state index contributed by atoms with van der Waals surface area (Å²) in [5, 5.41) is 13.9. The highest BCUT2D eigenvalue weighted by atomic mass is 35.5. The molecule has 0 fully saturated rings. The van der Waals surface area contributed by atoms with Crippen LogP contribution in [0.2, 0.25) is 5.02 Å². The SMILES string of the molecule is CNC(=O)C(c1ccnc(-c2ccc(Cl)cc2)c1)n1c(C)c(O)n(-c2ccc(SC(F)(F)F)cc2)c1=O. The molecule has 1 atom stereocenters. The molecule has 7 nitrogen and oxygen atoms in total. The third-order valence-corrected chi connectivity index (χ3v) is 6.61. The molecule has 0 saturated heterocycles. The maximum absolute atomic E-state index is 13.5. The van der Waals surface area contributed by atoms with E-state index in [-0.39, 0.29) is 28.0 Å². The maximum atomic E-state index is 13.5. The Balaban J connectivity index is 1.81. The smallest absolute Gasteiger partial charge is 0.446 e. The van der Waals surface area contributed by atoms with Gasteiger partial charge in [0.2, 0.25) is 11.8 Å². The van der Waals surface area contributed by atoms with Crippen LogP contribution in [0.4, 0.5) is 13.2 Å². The molecule has 37 heavy (non-hydrogen) atoms. The fourth-order valence-electron chi connectivity index (χ4n) is 3.89. The summed E-state index contributed by atoms with van der Waals surface area (Å²) < 4.78 is 40.1. The van der Waals surface area contributed by atoms with Gasteiger partial charge in [-0.15, -0.1) is 0 Å². The Morgan fingerprint density at radius 3 is 2.35 bits per heavy atom. The number of pyridine rings is 1. The van der Waals surface area contributed by atoms with Gasteiger partial charge in [-0.25, -0.2) is 9.36 Å². The van der Waals surface area contributed by atoms with Gasteiger partial charge in [-0.1, -0.05) is 23.7 Å². The number of carbonyl (C=O) groups excluding carboxylic acids is 1. The minimum Gasteiger partial charge on any atom is -0.493 e. The van der Waals surface area contributed by atoms with Crippen molar-refractivity contribution in [1.82, 2.24) is 19.4 Å². The Morgan fingerprint density at radius 2 is 1.76 bits per heavy atom. The lowest BCUT2D eigenvalue weighted by atomic mass is 10.0. The first-order chi connectivity index (χ1) is 17.5. The van der Waals surface area contributed by atoms with Crippen molar-refractivity contribution in [2.24, 2.45) is 0 Å². The summed E-state index contributed by atoms with van der Waals surface area (Å²) in [5.41, 5.74) is -3.27. The molecule has 4 aromatic rings. The van der Waals surface area contributed by atoms with Crippen molar-refractivity contribution in [3.05, 3.63) is 93.6 Å². The van der Waals surface area contributed by atoms with E-state index in [0.717, 1.165) is 14.7 Å². The van der Waals surface area contributed by atoms with Crippen LogP contribution in [-0.2, 0) is 4.79 Å². The monoisotopic (exact) mass is 548 g/mol. The average molecular weight is 549 g/mol. The Hall–Kier alpha value is -3.70. The highest BCUT2D eigenvalue weighted by Gasteiger charge is 2.31. The van der Waals surface area contributed by atoms with Crippen molar-refractivity contribution in [3.8, 4) is 22.8 Å². The zero-order valence-corrected chi connectivity index (χ0v) is 21.0. The quantitative estimate of drug-likeness (QED) is 0.319. The Morgan fingerprint density at radius 1 is 1.11 bits per heavy atom. The van der Waals surface area contributed by atoms with Crippen LogP contribution < -0.4 is 11.0 Å². The number of halogens is 4. The number of aromatic nitrogens is 3. The van der Waals surface area contributed by atoms with Gasteiger partial charge in [-0.05, 0) is 72.8 Å². The predicted molar refractivity (Wildman–Crippen MR) is 135 cm³/mol.